The molecule has 0 amide bonds. The van der Waals surface area contributed by atoms with Gasteiger partial charge < -0.3 is 19.1 Å². The number of benzene rings is 1. The summed E-state index contributed by atoms with van der Waals surface area (Å²) in [7, 11) is 1.58. The molecule has 1 aromatic carbocycles. The van der Waals surface area contributed by atoms with Crippen molar-refractivity contribution in [2.45, 2.75) is 26.0 Å². The van der Waals surface area contributed by atoms with E-state index in [2.05, 4.69) is 0 Å². The zero-order chi connectivity index (χ0) is 16.1. The minimum Gasteiger partial charge on any atom is -0.479 e. The lowest BCUT2D eigenvalue weighted by Gasteiger charge is -2.15. The van der Waals surface area contributed by atoms with Gasteiger partial charge in [-0.05, 0) is 24.6 Å². The van der Waals surface area contributed by atoms with Gasteiger partial charge in [-0.3, -0.25) is 4.79 Å². The normalized spacial score (nSPS) is 12.3. The van der Waals surface area contributed by atoms with Gasteiger partial charge in [-0.25, -0.2) is 4.79 Å². The zero-order valence-corrected chi connectivity index (χ0v) is 12.6. The van der Waals surface area contributed by atoms with Crippen LogP contribution >= 0.6 is 0 Å². The average molecular weight is 305 g/mol. The summed E-state index contributed by atoms with van der Waals surface area (Å²) in [5.41, 5.74) is -0.150. The number of aromatic nitrogens is 1. The number of rotatable bonds is 7. The zero-order valence-electron chi connectivity index (χ0n) is 12.6. The van der Waals surface area contributed by atoms with Gasteiger partial charge in [0.2, 0.25) is 0 Å². The van der Waals surface area contributed by atoms with Gasteiger partial charge in [0.25, 0.3) is 5.56 Å². The monoisotopic (exact) mass is 305 g/mol. The van der Waals surface area contributed by atoms with Crippen LogP contribution in [0.3, 0.4) is 0 Å². The molecule has 0 saturated carbocycles. The van der Waals surface area contributed by atoms with Gasteiger partial charge in [0, 0.05) is 25.2 Å². The molecule has 0 aliphatic heterocycles. The number of ether oxygens (including phenoxy) is 2. The van der Waals surface area contributed by atoms with Crippen molar-refractivity contribution in [1.82, 2.24) is 4.57 Å². The Morgan fingerprint density at radius 1 is 1.32 bits per heavy atom. The first-order valence-corrected chi connectivity index (χ1v) is 7.09. The molecule has 2 rings (SSSR count). The molecule has 0 bridgehead atoms. The summed E-state index contributed by atoms with van der Waals surface area (Å²) in [5, 5.41) is 10.2. The van der Waals surface area contributed by atoms with Crippen molar-refractivity contribution in [2.24, 2.45) is 0 Å². The summed E-state index contributed by atoms with van der Waals surface area (Å²) < 4.78 is 12.1. The van der Waals surface area contributed by atoms with Crippen molar-refractivity contribution >= 4 is 16.7 Å². The second kappa shape index (κ2) is 7.09. The van der Waals surface area contributed by atoms with E-state index in [1.807, 2.05) is 0 Å². The Labute approximate surface area is 127 Å². The van der Waals surface area contributed by atoms with Gasteiger partial charge in [-0.2, -0.15) is 0 Å². The molecule has 6 nitrogen and oxygen atoms in total. The summed E-state index contributed by atoms with van der Waals surface area (Å²) >= 11 is 0. The third-order valence-corrected chi connectivity index (χ3v) is 3.43. The lowest BCUT2D eigenvalue weighted by molar-refractivity contribution is -0.145. The molecule has 0 radical (unpaired) electrons. The highest BCUT2D eigenvalue weighted by Crippen LogP contribution is 2.24. The van der Waals surface area contributed by atoms with Gasteiger partial charge in [-0.15, -0.1) is 0 Å². The molecule has 22 heavy (non-hydrogen) atoms. The van der Waals surface area contributed by atoms with Gasteiger partial charge >= 0.3 is 5.97 Å². The van der Waals surface area contributed by atoms with Crippen molar-refractivity contribution < 1.29 is 19.4 Å². The Morgan fingerprint density at radius 3 is 2.73 bits per heavy atom. The quantitative estimate of drug-likeness (QED) is 0.845. The third-order valence-electron chi connectivity index (χ3n) is 3.43. The largest absolute Gasteiger partial charge is 0.479 e. The molecule has 6 heteroatoms. The van der Waals surface area contributed by atoms with Crippen LogP contribution < -0.4 is 10.3 Å². The van der Waals surface area contributed by atoms with Gasteiger partial charge in [0.05, 0.1) is 12.0 Å². The first kappa shape index (κ1) is 16.0. The maximum atomic E-state index is 12.4. The molecule has 0 saturated heterocycles. The van der Waals surface area contributed by atoms with E-state index < -0.39 is 12.1 Å². The standard InChI is InChI=1S/C16H19NO5/c1-3-13(16(19)20)22-14-6-4-5-12-11(14)7-8-17(15(12)18)9-10-21-2/h4-8,13H,3,9-10H2,1-2H3,(H,19,20). The van der Waals surface area contributed by atoms with Crippen LogP contribution in [0.5, 0.6) is 5.75 Å². The minimum atomic E-state index is -1.02. The molecule has 0 spiro atoms. The first-order chi connectivity index (χ1) is 10.6. The lowest BCUT2D eigenvalue weighted by Crippen LogP contribution is -2.26. The number of aliphatic carboxylic acids is 1. The number of pyridine rings is 1. The number of carbonyl (C=O) groups is 1. The number of carboxylic acid groups (broad SMARTS) is 1. The van der Waals surface area contributed by atoms with Crippen molar-refractivity contribution in [1.29, 1.82) is 0 Å². The summed E-state index contributed by atoms with van der Waals surface area (Å²) in [4.78, 5) is 23.5. The fourth-order valence-electron chi connectivity index (χ4n) is 2.22. The van der Waals surface area contributed by atoms with Gasteiger partial charge in [0.15, 0.2) is 6.10 Å². The van der Waals surface area contributed by atoms with Crippen molar-refractivity contribution in [3.05, 3.63) is 40.8 Å². The fraction of sp³-hybridized carbons (Fsp3) is 0.375. The van der Waals surface area contributed by atoms with Crippen LogP contribution in [0, 0.1) is 0 Å². The topological polar surface area (TPSA) is 77.8 Å². The number of methoxy groups -OCH3 is 1. The highest BCUT2D eigenvalue weighted by molar-refractivity contribution is 5.87. The first-order valence-electron chi connectivity index (χ1n) is 7.09. The molecule has 1 unspecified atom stereocenters. The number of carboxylic acids is 1. The Morgan fingerprint density at radius 2 is 2.09 bits per heavy atom. The molecule has 2 aromatic rings. The van der Waals surface area contributed by atoms with Crippen LogP contribution in [0.1, 0.15) is 13.3 Å². The van der Waals surface area contributed by atoms with Crippen LogP contribution in [-0.4, -0.2) is 35.5 Å². The van der Waals surface area contributed by atoms with E-state index >= 15 is 0 Å². The van der Waals surface area contributed by atoms with Crippen LogP contribution in [0.25, 0.3) is 10.8 Å². The predicted octanol–water partition coefficient (Wildman–Crippen LogP) is 1.89. The molecule has 0 aliphatic rings. The van der Waals surface area contributed by atoms with E-state index in [9.17, 15) is 9.59 Å². The molecular formula is C16H19NO5. The molecule has 1 N–H and O–H groups in total. The highest BCUT2D eigenvalue weighted by Gasteiger charge is 2.18. The van der Waals surface area contributed by atoms with Gasteiger partial charge in [-0.1, -0.05) is 13.0 Å². The summed E-state index contributed by atoms with van der Waals surface area (Å²) in [6, 6.07) is 6.83. The van der Waals surface area contributed by atoms with E-state index in [0.717, 1.165) is 0 Å². The van der Waals surface area contributed by atoms with Crippen molar-refractivity contribution in [3.63, 3.8) is 0 Å². The van der Waals surface area contributed by atoms with Gasteiger partial charge in [0.1, 0.15) is 5.75 Å². The maximum absolute atomic E-state index is 12.4. The lowest BCUT2D eigenvalue weighted by atomic mass is 10.1. The maximum Gasteiger partial charge on any atom is 0.344 e. The van der Waals surface area contributed by atoms with Crippen molar-refractivity contribution in [3.8, 4) is 5.75 Å². The Hall–Kier alpha value is -2.34. The number of fused-ring (bicyclic) bond motifs is 1. The Balaban J connectivity index is 2.44. The summed E-state index contributed by atoms with van der Waals surface area (Å²) in [6.07, 6.45) is 1.08. The Bertz CT molecular complexity index is 722. The van der Waals surface area contributed by atoms with E-state index in [0.29, 0.717) is 36.1 Å². The number of hydrogen-bond acceptors (Lipinski definition) is 4. The van der Waals surface area contributed by atoms with Crippen LogP contribution in [-0.2, 0) is 16.1 Å². The van der Waals surface area contributed by atoms with Crippen molar-refractivity contribution in [2.75, 3.05) is 13.7 Å². The molecule has 118 valence electrons. The van der Waals surface area contributed by atoms with Crippen LogP contribution in [0.15, 0.2) is 35.3 Å². The smallest absolute Gasteiger partial charge is 0.344 e. The molecular weight excluding hydrogens is 286 g/mol. The van der Waals surface area contributed by atoms with E-state index in [-0.39, 0.29) is 5.56 Å². The highest BCUT2D eigenvalue weighted by atomic mass is 16.5. The number of nitrogens with zero attached hydrogens (tertiary/aromatic N) is 1. The van der Waals surface area contributed by atoms with E-state index in [4.69, 9.17) is 14.6 Å². The molecule has 0 fully saturated rings. The van der Waals surface area contributed by atoms with E-state index in [1.54, 1.807) is 49.1 Å². The van der Waals surface area contributed by atoms with E-state index in [1.165, 1.54) is 0 Å². The minimum absolute atomic E-state index is 0.150. The average Bonchev–Trinajstić information content (AvgIpc) is 2.52. The number of hydrogen-bond donors (Lipinski definition) is 1. The molecule has 1 heterocycles. The fourth-order valence-corrected chi connectivity index (χ4v) is 2.22. The summed E-state index contributed by atoms with van der Waals surface area (Å²) in [6.45, 7) is 2.64. The predicted molar refractivity (Wildman–Crippen MR) is 82.4 cm³/mol. The Kier molecular flexibility index (Phi) is 5.16. The van der Waals surface area contributed by atoms with Crippen LogP contribution in [0.4, 0.5) is 0 Å². The molecule has 1 aromatic heterocycles. The SMILES string of the molecule is CCC(Oc1cccc2c(=O)n(CCOC)ccc12)C(=O)O. The molecule has 0 aliphatic carbocycles. The third kappa shape index (κ3) is 3.28. The second-order valence-electron chi connectivity index (χ2n) is 4.88. The molecule has 1 atom stereocenters. The van der Waals surface area contributed by atoms with Crippen LogP contribution in [0.2, 0.25) is 0 Å². The summed E-state index contributed by atoms with van der Waals surface area (Å²) in [5.74, 6) is -0.615. The second-order valence-corrected chi connectivity index (χ2v) is 4.88.